The van der Waals surface area contributed by atoms with Crippen LogP contribution in [0, 0.1) is 20.8 Å². The van der Waals surface area contributed by atoms with Crippen LogP contribution >= 0.6 is 11.8 Å². The molecule has 7 heteroatoms. The van der Waals surface area contributed by atoms with Crippen molar-refractivity contribution in [2.45, 2.75) is 51.6 Å². The summed E-state index contributed by atoms with van der Waals surface area (Å²) in [5, 5.41) is 8.52. The number of nitrogens with one attached hydrogen (secondary N) is 1. The van der Waals surface area contributed by atoms with Crippen molar-refractivity contribution in [3.05, 3.63) is 41.0 Å². The Morgan fingerprint density at radius 2 is 2.00 bits per heavy atom. The number of aromatic nitrogens is 4. The molecule has 128 valence electrons. The SMILES string of the molecule is C=CCn1c(C)nnc1S[C@@H](C)C(=O)c1[nH]c(C)c(C(C)=O)c1C. The summed E-state index contributed by atoms with van der Waals surface area (Å²) in [5.74, 6) is 0.684. The first-order valence-electron chi connectivity index (χ1n) is 7.69. The summed E-state index contributed by atoms with van der Waals surface area (Å²) >= 11 is 1.35. The van der Waals surface area contributed by atoms with Crippen molar-refractivity contribution in [1.82, 2.24) is 19.7 Å². The number of nitrogens with zero attached hydrogens (tertiary/aromatic N) is 3. The Labute approximate surface area is 145 Å². The van der Waals surface area contributed by atoms with E-state index in [2.05, 4.69) is 21.8 Å². The molecular weight excluding hydrogens is 324 g/mol. The second-order valence-corrected chi connectivity index (χ2v) is 7.04. The maximum Gasteiger partial charge on any atom is 0.192 e. The molecule has 0 amide bonds. The summed E-state index contributed by atoms with van der Waals surface area (Å²) in [6, 6.07) is 0. The molecule has 0 aliphatic rings. The van der Waals surface area contributed by atoms with E-state index in [-0.39, 0.29) is 16.8 Å². The van der Waals surface area contributed by atoms with Gasteiger partial charge in [-0.2, -0.15) is 0 Å². The molecule has 0 unspecified atom stereocenters. The molecule has 1 N–H and O–H groups in total. The van der Waals surface area contributed by atoms with Crippen molar-refractivity contribution < 1.29 is 9.59 Å². The first-order chi connectivity index (χ1) is 11.3. The summed E-state index contributed by atoms with van der Waals surface area (Å²) in [6.07, 6.45) is 1.77. The number of ketones is 2. The highest BCUT2D eigenvalue weighted by atomic mass is 32.2. The number of rotatable bonds is 7. The van der Waals surface area contributed by atoms with E-state index in [0.29, 0.717) is 28.5 Å². The van der Waals surface area contributed by atoms with Gasteiger partial charge in [0, 0.05) is 17.8 Å². The number of carbonyl (C=O) groups excluding carboxylic acids is 2. The van der Waals surface area contributed by atoms with E-state index < -0.39 is 0 Å². The highest BCUT2D eigenvalue weighted by Crippen LogP contribution is 2.27. The van der Waals surface area contributed by atoms with Crippen LogP contribution in [0.1, 0.15) is 51.8 Å². The molecule has 0 aromatic carbocycles. The molecule has 2 aromatic rings. The zero-order chi connectivity index (χ0) is 18.0. The maximum absolute atomic E-state index is 12.8. The van der Waals surface area contributed by atoms with E-state index in [0.717, 1.165) is 11.5 Å². The third-order valence-corrected chi connectivity index (χ3v) is 4.98. The van der Waals surface area contributed by atoms with Crippen molar-refractivity contribution in [1.29, 1.82) is 0 Å². The van der Waals surface area contributed by atoms with Gasteiger partial charge in [-0.3, -0.25) is 9.59 Å². The van der Waals surface area contributed by atoms with Gasteiger partial charge in [-0.25, -0.2) is 0 Å². The largest absolute Gasteiger partial charge is 0.355 e. The molecule has 1 atom stereocenters. The molecule has 0 radical (unpaired) electrons. The summed E-state index contributed by atoms with van der Waals surface area (Å²) in [7, 11) is 0. The molecule has 24 heavy (non-hydrogen) atoms. The Kier molecular flexibility index (Phi) is 5.43. The predicted octanol–water partition coefficient (Wildman–Crippen LogP) is 3.28. The minimum Gasteiger partial charge on any atom is -0.355 e. The molecule has 0 bridgehead atoms. The summed E-state index contributed by atoms with van der Waals surface area (Å²) < 4.78 is 1.91. The summed E-state index contributed by atoms with van der Waals surface area (Å²) in [5.41, 5.74) is 2.53. The second kappa shape index (κ2) is 7.17. The van der Waals surface area contributed by atoms with E-state index in [4.69, 9.17) is 0 Å². The van der Waals surface area contributed by atoms with Crippen LogP contribution < -0.4 is 0 Å². The molecule has 0 saturated carbocycles. The maximum atomic E-state index is 12.8. The first-order valence-corrected chi connectivity index (χ1v) is 8.57. The van der Waals surface area contributed by atoms with Gasteiger partial charge in [-0.15, -0.1) is 16.8 Å². The highest BCUT2D eigenvalue weighted by molar-refractivity contribution is 8.00. The average Bonchev–Trinajstić information content (AvgIpc) is 3.00. The smallest absolute Gasteiger partial charge is 0.192 e. The molecule has 2 rings (SSSR count). The van der Waals surface area contributed by atoms with Crippen molar-refractivity contribution in [3.63, 3.8) is 0 Å². The fourth-order valence-corrected chi connectivity index (χ4v) is 3.69. The summed E-state index contributed by atoms with van der Waals surface area (Å²) in [6.45, 7) is 13.1. The molecule has 0 spiro atoms. The normalized spacial score (nSPS) is 12.2. The molecule has 0 aliphatic carbocycles. The zero-order valence-electron chi connectivity index (χ0n) is 14.6. The van der Waals surface area contributed by atoms with Crippen LogP contribution in [0.3, 0.4) is 0 Å². The van der Waals surface area contributed by atoms with E-state index in [1.54, 1.807) is 13.0 Å². The fraction of sp³-hybridized carbons (Fsp3) is 0.412. The Bertz CT molecular complexity index is 804. The molecule has 0 saturated heterocycles. The van der Waals surface area contributed by atoms with Gasteiger partial charge in [0.2, 0.25) is 0 Å². The lowest BCUT2D eigenvalue weighted by Crippen LogP contribution is -2.16. The minimum absolute atomic E-state index is 0.0399. The lowest BCUT2D eigenvalue weighted by molar-refractivity contribution is 0.0988. The van der Waals surface area contributed by atoms with Crippen molar-refractivity contribution in [2.75, 3.05) is 0 Å². The third kappa shape index (κ3) is 3.36. The Balaban J connectivity index is 2.27. The van der Waals surface area contributed by atoms with Gasteiger partial charge in [0.25, 0.3) is 0 Å². The van der Waals surface area contributed by atoms with Crippen LogP contribution in [0.4, 0.5) is 0 Å². The molecule has 2 aromatic heterocycles. The third-order valence-electron chi connectivity index (χ3n) is 3.90. The number of aryl methyl sites for hydroxylation is 2. The van der Waals surface area contributed by atoms with Gasteiger partial charge in [0.05, 0.1) is 10.9 Å². The van der Waals surface area contributed by atoms with Crippen LogP contribution in [0.25, 0.3) is 0 Å². The van der Waals surface area contributed by atoms with Gasteiger partial charge in [-0.1, -0.05) is 17.8 Å². The average molecular weight is 346 g/mol. The lowest BCUT2D eigenvalue weighted by Gasteiger charge is -2.11. The fourth-order valence-electron chi connectivity index (χ4n) is 2.73. The minimum atomic E-state index is -0.353. The number of H-pyrrole nitrogens is 1. The first kappa shape index (κ1) is 18.2. The second-order valence-electron chi connectivity index (χ2n) is 5.73. The highest BCUT2D eigenvalue weighted by Gasteiger charge is 2.25. The molecule has 0 aliphatic heterocycles. The van der Waals surface area contributed by atoms with Gasteiger partial charge >= 0.3 is 0 Å². The van der Waals surface area contributed by atoms with Gasteiger partial charge < -0.3 is 9.55 Å². The van der Waals surface area contributed by atoms with E-state index in [1.165, 1.54) is 18.7 Å². The molecule has 6 nitrogen and oxygen atoms in total. The van der Waals surface area contributed by atoms with Crippen LogP contribution in [0.5, 0.6) is 0 Å². The standard InChI is InChI=1S/C17H22N4O2S/c1-7-8-21-13(6)19-20-17(21)24-12(5)16(23)15-9(2)14(11(4)22)10(3)18-15/h7,12,18H,1,8H2,2-6H3/t12-/m0/s1. The van der Waals surface area contributed by atoms with E-state index in [9.17, 15) is 9.59 Å². The quantitative estimate of drug-likeness (QED) is 0.473. The lowest BCUT2D eigenvalue weighted by atomic mass is 10.0. The molecule has 2 heterocycles. The monoisotopic (exact) mass is 346 g/mol. The number of hydrogen-bond acceptors (Lipinski definition) is 5. The van der Waals surface area contributed by atoms with Crippen LogP contribution in [-0.2, 0) is 6.54 Å². The number of thioether (sulfide) groups is 1. The topological polar surface area (TPSA) is 80.6 Å². The van der Waals surface area contributed by atoms with Crippen LogP contribution in [-0.4, -0.2) is 36.6 Å². The van der Waals surface area contributed by atoms with Crippen LogP contribution in [0.2, 0.25) is 0 Å². The zero-order valence-corrected chi connectivity index (χ0v) is 15.5. The van der Waals surface area contributed by atoms with Crippen LogP contribution in [0.15, 0.2) is 17.8 Å². The number of Topliss-reactive ketones (excluding diaryl/α,β-unsaturated/α-hetero) is 2. The van der Waals surface area contributed by atoms with Crippen molar-refractivity contribution in [2.24, 2.45) is 0 Å². The Morgan fingerprint density at radius 1 is 1.33 bits per heavy atom. The van der Waals surface area contributed by atoms with Crippen molar-refractivity contribution in [3.8, 4) is 0 Å². The molecular formula is C17H22N4O2S. The van der Waals surface area contributed by atoms with E-state index in [1.807, 2.05) is 25.3 Å². The van der Waals surface area contributed by atoms with Gasteiger partial charge in [0.1, 0.15) is 5.82 Å². The summed E-state index contributed by atoms with van der Waals surface area (Å²) in [4.78, 5) is 27.6. The van der Waals surface area contributed by atoms with Crippen molar-refractivity contribution >= 4 is 23.3 Å². The van der Waals surface area contributed by atoms with E-state index >= 15 is 0 Å². The van der Waals surface area contributed by atoms with Gasteiger partial charge in [-0.05, 0) is 40.2 Å². The Morgan fingerprint density at radius 3 is 2.54 bits per heavy atom. The number of carbonyl (C=O) groups is 2. The number of aromatic amines is 1. The van der Waals surface area contributed by atoms with Gasteiger partial charge in [0.15, 0.2) is 16.7 Å². The predicted molar refractivity (Wildman–Crippen MR) is 94.9 cm³/mol. The number of hydrogen-bond donors (Lipinski definition) is 1. The Hall–Kier alpha value is -2.15. The number of allylic oxidation sites excluding steroid dienone is 1. The molecule has 0 fully saturated rings.